The number of nitrogens with zero attached hydrogens (tertiary/aromatic N) is 1. The van der Waals surface area contributed by atoms with Gasteiger partial charge in [0.25, 0.3) is 0 Å². The molecule has 1 N–H and O–H groups in total. The van der Waals surface area contributed by atoms with Crippen molar-refractivity contribution in [2.24, 2.45) is 0 Å². The lowest BCUT2D eigenvalue weighted by Crippen LogP contribution is -2.14. The third-order valence-electron chi connectivity index (χ3n) is 3.49. The third-order valence-corrected chi connectivity index (χ3v) is 3.49. The summed E-state index contributed by atoms with van der Waals surface area (Å²) >= 11 is 0. The van der Waals surface area contributed by atoms with E-state index in [-0.39, 0.29) is 6.04 Å². The van der Waals surface area contributed by atoms with E-state index in [0.717, 1.165) is 12.3 Å². The van der Waals surface area contributed by atoms with Gasteiger partial charge < -0.3 is 15.0 Å². The van der Waals surface area contributed by atoms with E-state index < -0.39 is 0 Å². The normalized spacial score (nSPS) is 12.2. The molecule has 0 fully saturated rings. The first kappa shape index (κ1) is 15.4. The van der Waals surface area contributed by atoms with Gasteiger partial charge in [-0.3, -0.25) is 0 Å². The summed E-state index contributed by atoms with van der Waals surface area (Å²) < 4.78 is 5.20. The van der Waals surface area contributed by atoms with Crippen LogP contribution in [0.5, 0.6) is 5.75 Å². The summed E-state index contributed by atoms with van der Waals surface area (Å²) in [5.41, 5.74) is 3.74. The van der Waals surface area contributed by atoms with Crippen LogP contribution in [0.4, 0.5) is 5.69 Å². The molecule has 21 heavy (non-hydrogen) atoms. The summed E-state index contributed by atoms with van der Waals surface area (Å²) in [6, 6.07) is 16.9. The van der Waals surface area contributed by atoms with E-state index in [4.69, 9.17) is 4.74 Å². The SMILES string of the molecule is COc1ccc(C(C)Nc2ccccc2CN(C)C)cc1. The maximum atomic E-state index is 5.20. The maximum Gasteiger partial charge on any atom is 0.118 e. The summed E-state index contributed by atoms with van der Waals surface area (Å²) in [6.45, 7) is 3.10. The molecule has 0 saturated heterocycles. The number of methoxy groups -OCH3 is 1. The van der Waals surface area contributed by atoms with Gasteiger partial charge in [-0.15, -0.1) is 0 Å². The molecule has 0 aliphatic carbocycles. The van der Waals surface area contributed by atoms with Crippen molar-refractivity contribution >= 4 is 5.69 Å². The number of ether oxygens (including phenoxy) is 1. The Labute approximate surface area is 127 Å². The highest BCUT2D eigenvalue weighted by Crippen LogP contribution is 2.24. The molecule has 0 aliphatic rings. The highest BCUT2D eigenvalue weighted by molar-refractivity contribution is 5.52. The predicted octanol–water partition coefficient (Wildman–Crippen LogP) is 3.93. The second kappa shape index (κ2) is 7.14. The van der Waals surface area contributed by atoms with Gasteiger partial charge in [-0.05, 0) is 50.3 Å². The third kappa shape index (κ3) is 4.23. The first-order valence-corrected chi connectivity index (χ1v) is 7.23. The fourth-order valence-electron chi connectivity index (χ4n) is 2.35. The van der Waals surface area contributed by atoms with E-state index in [9.17, 15) is 0 Å². The Hall–Kier alpha value is -2.00. The van der Waals surface area contributed by atoms with Crippen LogP contribution in [-0.4, -0.2) is 26.1 Å². The van der Waals surface area contributed by atoms with E-state index in [2.05, 4.69) is 67.6 Å². The van der Waals surface area contributed by atoms with Gasteiger partial charge >= 0.3 is 0 Å². The maximum absolute atomic E-state index is 5.20. The molecule has 0 aromatic heterocycles. The van der Waals surface area contributed by atoms with Crippen molar-refractivity contribution in [3.8, 4) is 5.75 Å². The zero-order chi connectivity index (χ0) is 15.2. The number of hydrogen-bond donors (Lipinski definition) is 1. The molecule has 0 heterocycles. The molecule has 0 aliphatic heterocycles. The van der Waals surface area contributed by atoms with E-state index in [1.165, 1.54) is 16.8 Å². The van der Waals surface area contributed by atoms with Crippen LogP contribution >= 0.6 is 0 Å². The van der Waals surface area contributed by atoms with E-state index in [1.807, 2.05) is 12.1 Å². The molecule has 3 heteroatoms. The van der Waals surface area contributed by atoms with Crippen molar-refractivity contribution < 1.29 is 4.74 Å². The molecule has 0 saturated carbocycles. The Morgan fingerprint density at radius 3 is 2.33 bits per heavy atom. The number of anilines is 1. The van der Waals surface area contributed by atoms with Crippen LogP contribution in [0.1, 0.15) is 24.1 Å². The second-order valence-electron chi connectivity index (χ2n) is 5.53. The fraction of sp³-hybridized carbons (Fsp3) is 0.333. The van der Waals surface area contributed by atoms with Crippen LogP contribution in [0, 0.1) is 0 Å². The minimum atomic E-state index is 0.249. The van der Waals surface area contributed by atoms with E-state index in [0.29, 0.717) is 0 Å². The average Bonchev–Trinajstić information content (AvgIpc) is 2.49. The van der Waals surface area contributed by atoms with Gasteiger partial charge in [0.1, 0.15) is 5.75 Å². The molecule has 0 radical (unpaired) electrons. The van der Waals surface area contributed by atoms with Gasteiger partial charge in [-0.25, -0.2) is 0 Å². The highest BCUT2D eigenvalue weighted by atomic mass is 16.5. The monoisotopic (exact) mass is 284 g/mol. The lowest BCUT2D eigenvalue weighted by molar-refractivity contribution is 0.403. The van der Waals surface area contributed by atoms with Crippen molar-refractivity contribution in [3.05, 3.63) is 59.7 Å². The van der Waals surface area contributed by atoms with Crippen LogP contribution in [0.25, 0.3) is 0 Å². The summed E-state index contributed by atoms with van der Waals surface area (Å²) in [5.74, 6) is 0.888. The summed E-state index contributed by atoms with van der Waals surface area (Å²) in [5, 5.41) is 3.60. The van der Waals surface area contributed by atoms with Crippen LogP contribution in [-0.2, 0) is 6.54 Å². The Morgan fingerprint density at radius 2 is 1.71 bits per heavy atom. The number of nitrogens with one attached hydrogen (secondary N) is 1. The van der Waals surface area contributed by atoms with E-state index in [1.54, 1.807) is 7.11 Å². The van der Waals surface area contributed by atoms with E-state index >= 15 is 0 Å². The Bertz CT molecular complexity index is 564. The molecule has 2 aromatic rings. The van der Waals surface area contributed by atoms with Crippen molar-refractivity contribution in [2.75, 3.05) is 26.5 Å². The molecule has 1 atom stereocenters. The van der Waals surface area contributed by atoms with Gasteiger partial charge in [-0.1, -0.05) is 30.3 Å². The Morgan fingerprint density at radius 1 is 1.05 bits per heavy atom. The van der Waals surface area contributed by atoms with Crippen molar-refractivity contribution in [2.45, 2.75) is 19.5 Å². The van der Waals surface area contributed by atoms with Gasteiger partial charge in [0.05, 0.1) is 7.11 Å². The minimum absolute atomic E-state index is 0.249. The smallest absolute Gasteiger partial charge is 0.118 e. The van der Waals surface area contributed by atoms with Crippen molar-refractivity contribution in [3.63, 3.8) is 0 Å². The fourth-order valence-corrected chi connectivity index (χ4v) is 2.35. The van der Waals surface area contributed by atoms with Crippen LogP contribution in [0.3, 0.4) is 0 Å². The molecular formula is C18H24N2O. The minimum Gasteiger partial charge on any atom is -0.497 e. The van der Waals surface area contributed by atoms with Crippen molar-refractivity contribution in [1.82, 2.24) is 4.90 Å². The molecule has 0 amide bonds. The standard InChI is InChI=1S/C18H24N2O/c1-14(15-9-11-17(21-4)12-10-15)19-18-8-6-5-7-16(18)13-20(2)3/h5-12,14,19H,13H2,1-4H3. The van der Waals surface area contributed by atoms with Gasteiger partial charge in [0, 0.05) is 18.3 Å². The number of rotatable bonds is 6. The molecule has 112 valence electrons. The molecule has 1 unspecified atom stereocenters. The second-order valence-corrected chi connectivity index (χ2v) is 5.53. The van der Waals surface area contributed by atoms with Gasteiger partial charge in [0.15, 0.2) is 0 Å². The highest BCUT2D eigenvalue weighted by Gasteiger charge is 2.08. The zero-order valence-corrected chi connectivity index (χ0v) is 13.3. The molecule has 0 spiro atoms. The molecule has 3 nitrogen and oxygen atoms in total. The first-order chi connectivity index (χ1) is 10.1. The number of benzene rings is 2. The van der Waals surface area contributed by atoms with Crippen LogP contribution < -0.4 is 10.1 Å². The first-order valence-electron chi connectivity index (χ1n) is 7.23. The topological polar surface area (TPSA) is 24.5 Å². The summed E-state index contributed by atoms with van der Waals surface area (Å²) in [6.07, 6.45) is 0. The number of para-hydroxylation sites is 1. The van der Waals surface area contributed by atoms with Gasteiger partial charge in [0.2, 0.25) is 0 Å². The lowest BCUT2D eigenvalue weighted by Gasteiger charge is -2.20. The Balaban J connectivity index is 2.13. The largest absolute Gasteiger partial charge is 0.497 e. The predicted molar refractivity (Wildman–Crippen MR) is 88.9 cm³/mol. The molecular weight excluding hydrogens is 260 g/mol. The Kier molecular flexibility index (Phi) is 5.23. The van der Waals surface area contributed by atoms with Crippen LogP contribution in [0.15, 0.2) is 48.5 Å². The molecule has 2 aromatic carbocycles. The zero-order valence-electron chi connectivity index (χ0n) is 13.3. The molecule has 2 rings (SSSR count). The summed E-state index contributed by atoms with van der Waals surface area (Å²) in [7, 11) is 5.86. The number of hydrogen-bond acceptors (Lipinski definition) is 3. The molecule has 0 bridgehead atoms. The van der Waals surface area contributed by atoms with Crippen LogP contribution in [0.2, 0.25) is 0 Å². The summed E-state index contributed by atoms with van der Waals surface area (Å²) in [4.78, 5) is 2.18. The van der Waals surface area contributed by atoms with Crippen molar-refractivity contribution in [1.29, 1.82) is 0 Å². The average molecular weight is 284 g/mol. The quantitative estimate of drug-likeness (QED) is 0.870. The lowest BCUT2D eigenvalue weighted by atomic mass is 10.1. The van der Waals surface area contributed by atoms with Gasteiger partial charge in [-0.2, -0.15) is 0 Å².